The van der Waals surface area contributed by atoms with Crippen molar-refractivity contribution in [1.82, 2.24) is 9.55 Å². The number of imidazole rings is 1. The summed E-state index contributed by atoms with van der Waals surface area (Å²) >= 11 is 2.33. The van der Waals surface area contributed by atoms with Crippen molar-refractivity contribution in [3.63, 3.8) is 0 Å². The van der Waals surface area contributed by atoms with E-state index in [0.29, 0.717) is 5.96 Å². The Hall–Kier alpha value is -2.09. The predicted octanol–water partition coefficient (Wildman–Crippen LogP) is 2.93. The fraction of sp³-hybridized carbons (Fsp3) is 0.0667. The Kier molecular flexibility index (Phi) is 2.85. The van der Waals surface area contributed by atoms with Crippen LogP contribution in [0.5, 0.6) is 0 Å². The molecule has 21 heavy (non-hydrogen) atoms. The summed E-state index contributed by atoms with van der Waals surface area (Å²) in [4.78, 5) is 9.18. The number of hydrogen-bond donors (Lipinski definition) is 2. The van der Waals surface area contributed by atoms with Gasteiger partial charge in [0.15, 0.2) is 12.1 Å². The molecule has 0 saturated heterocycles. The average Bonchev–Trinajstić information content (AvgIpc) is 2.85. The van der Waals surface area contributed by atoms with Crippen molar-refractivity contribution in [3.8, 4) is 0 Å². The van der Waals surface area contributed by atoms with Crippen LogP contribution in [0, 0.1) is 3.57 Å². The van der Waals surface area contributed by atoms with E-state index < -0.39 is 0 Å². The number of nitrogens with one attached hydrogen (secondary N) is 1. The van der Waals surface area contributed by atoms with Crippen molar-refractivity contribution >= 4 is 45.5 Å². The maximum atomic E-state index is 5.93. The average molecular weight is 389 g/mol. The normalized spacial score (nSPS) is 17.2. The molecule has 0 aliphatic carbocycles. The van der Waals surface area contributed by atoms with Crippen molar-refractivity contribution in [1.29, 1.82) is 0 Å². The van der Waals surface area contributed by atoms with E-state index in [1.165, 1.54) is 0 Å². The Balaban J connectivity index is 2.00. The quantitative estimate of drug-likeness (QED) is 0.629. The Bertz CT molecular complexity index is 867. The molecular formula is C15H12IN5. The number of aliphatic imine (C=N–C) groups is 1. The number of halogens is 1. The molecule has 0 bridgehead atoms. The zero-order valence-electron chi connectivity index (χ0n) is 11.0. The molecule has 2 aromatic carbocycles. The number of para-hydroxylation sites is 2. The molecule has 104 valence electrons. The number of fused-ring (bicyclic) bond motifs is 3. The van der Waals surface area contributed by atoms with Gasteiger partial charge in [0.25, 0.3) is 0 Å². The monoisotopic (exact) mass is 389 g/mol. The first-order valence-corrected chi connectivity index (χ1v) is 7.63. The van der Waals surface area contributed by atoms with Crippen molar-refractivity contribution in [2.75, 3.05) is 5.32 Å². The van der Waals surface area contributed by atoms with Crippen LogP contribution in [-0.4, -0.2) is 15.5 Å². The SMILES string of the molecule is NC1=N[C@H](c2ccccc2I)n2c(nc3ccccc32)N1. The smallest absolute Gasteiger partial charge is 0.212 e. The topological polar surface area (TPSA) is 68.2 Å². The number of anilines is 1. The van der Waals surface area contributed by atoms with Gasteiger partial charge in [0.05, 0.1) is 11.0 Å². The highest BCUT2D eigenvalue weighted by Gasteiger charge is 2.25. The van der Waals surface area contributed by atoms with E-state index in [9.17, 15) is 0 Å². The molecule has 0 amide bonds. The van der Waals surface area contributed by atoms with Gasteiger partial charge >= 0.3 is 0 Å². The largest absolute Gasteiger partial charge is 0.370 e. The lowest BCUT2D eigenvalue weighted by Crippen LogP contribution is -2.31. The molecule has 1 atom stereocenters. The molecule has 0 unspecified atom stereocenters. The number of hydrogen-bond acceptors (Lipinski definition) is 4. The summed E-state index contributed by atoms with van der Waals surface area (Å²) in [6.07, 6.45) is -0.193. The van der Waals surface area contributed by atoms with E-state index in [1.54, 1.807) is 0 Å². The minimum absolute atomic E-state index is 0.193. The number of nitrogens with zero attached hydrogens (tertiary/aromatic N) is 3. The second-order valence-electron chi connectivity index (χ2n) is 4.83. The van der Waals surface area contributed by atoms with Gasteiger partial charge in [-0.05, 0) is 40.8 Å². The van der Waals surface area contributed by atoms with E-state index in [0.717, 1.165) is 26.1 Å². The lowest BCUT2D eigenvalue weighted by molar-refractivity contribution is 0.623. The third-order valence-electron chi connectivity index (χ3n) is 3.53. The number of benzene rings is 2. The Morgan fingerprint density at radius 1 is 1.10 bits per heavy atom. The van der Waals surface area contributed by atoms with E-state index in [4.69, 9.17) is 5.73 Å². The summed E-state index contributed by atoms with van der Waals surface area (Å²) in [5.74, 6) is 1.12. The molecule has 3 N–H and O–H groups in total. The van der Waals surface area contributed by atoms with Gasteiger partial charge in [-0.2, -0.15) is 0 Å². The highest BCUT2D eigenvalue weighted by Crippen LogP contribution is 2.33. The molecule has 4 rings (SSSR count). The summed E-state index contributed by atoms with van der Waals surface area (Å²) in [7, 11) is 0. The van der Waals surface area contributed by atoms with Gasteiger partial charge in [-0.15, -0.1) is 0 Å². The van der Waals surface area contributed by atoms with Crippen LogP contribution in [0.3, 0.4) is 0 Å². The van der Waals surface area contributed by atoms with E-state index in [-0.39, 0.29) is 6.17 Å². The van der Waals surface area contributed by atoms with E-state index in [2.05, 4.69) is 54.6 Å². The molecular weight excluding hydrogens is 377 g/mol. The van der Waals surface area contributed by atoms with Crippen molar-refractivity contribution in [2.24, 2.45) is 10.7 Å². The summed E-state index contributed by atoms with van der Waals surface area (Å²) in [5, 5.41) is 3.05. The highest BCUT2D eigenvalue weighted by molar-refractivity contribution is 14.1. The molecule has 0 fully saturated rings. The number of rotatable bonds is 1. The molecule has 0 spiro atoms. The van der Waals surface area contributed by atoms with Crippen LogP contribution in [0.25, 0.3) is 11.0 Å². The lowest BCUT2D eigenvalue weighted by atomic mass is 10.1. The zero-order valence-corrected chi connectivity index (χ0v) is 13.2. The maximum absolute atomic E-state index is 5.93. The minimum Gasteiger partial charge on any atom is -0.370 e. The third kappa shape index (κ3) is 1.98. The van der Waals surface area contributed by atoms with Crippen LogP contribution in [0.1, 0.15) is 11.7 Å². The molecule has 1 aliphatic rings. The molecule has 5 nitrogen and oxygen atoms in total. The fourth-order valence-corrected chi connectivity index (χ4v) is 3.28. The van der Waals surface area contributed by atoms with E-state index >= 15 is 0 Å². The first-order chi connectivity index (χ1) is 10.2. The maximum Gasteiger partial charge on any atom is 0.212 e. The van der Waals surface area contributed by atoms with Crippen LogP contribution >= 0.6 is 22.6 Å². The Labute approximate surface area is 135 Å². The van der Waals surface area contributed by atoms with Gasteiger partial charge in [-0.3, -0.25) is 9.88 Å². The summed E-state index contributed by atoms with van der Waals surface area (Å²) in [6.45, 7) is 0. The second kappa shape index (κ2) is 4.73. The van der Waals surface area contributed by atoms with Crippen molar-refractivity contribution in [2.45, 2.75) is 6.17 Å². The third-order valence-corrected chi connectivity index (χ3v) is 4.51. The molecule has 6 heteroatoms. The Morgan fingerprint density at radius 3 is 2.71 bits per heavy atom. The predicted molar refractivity (Wildman–Crippen MR) is 92.3 cm³/mol. The van der Waals surface area contributed by atoms with Crippen molar-refractivity contribution < 1.29 is 0 Å². The van der Waals surface area contributed by atoms with Gasteiger partial charge < -0.3 is 5.73 Å². The summed E-state index contributed by atoms with van der Waals surface area (Å²) < 4.78 is 3.24. The summed E-state index contributed by atoms with van der Waals surface area (Å²) in [6, 6.07) is 16.2. The molecule has 3 aromatic rings. The fourth-order valence-electron chi connectivity index (χ4n) is 2.61. The standard InChI is InChI=1S/C15H12IN5/c16-10-6-2-1-5-9(10)13-19-14(17)20-15-18-11-7-3-4-8-12(11)21(13)15/h1-8,13H,(H3,17,18,19,20)/t13-/m0/s1. The summed E-state index contributed by atoms with van der Waals surface area (Å²) in [5.41, 5.74) is 9.02. The highest BCUT2D eigenvalue weighted by atomic mass is 127. The van der Waals surface area contributed by atoms with Gasteiger partial charge in [-0.1, -0.05) is 30.3 Å². The van der Waals surface area contributed by atoms with Crippen LogP contribution < -0.4 is 11.1 Å². The zero-order chi connectivity index (χ0) is 14.4. The van der Waals surface area contributed by atoms with Gasteiger partial charge in [0.2, 0.25) is 5.95 Å². The number of aromatic nitrogens is 2. The minimum atomic E-state index is -0.193. The molecule has 2 heterocycles. The first-order valence-electron chi connectivity index (χ1n) is 6.56. The van der Waals surface area contributed by atoms with Crippen LogP contribution in [-0.2, 0) is 0 Å². The second-order valence-corrected chi connectivity index (χ2v) is 5.99. The van der Waals surface area contributed by atoms with Crippen LogP contribution in [0.15, 0.2) is 53.5 Å². The molecule has 1 aromatic heterocycles. The molecule has 0 saturated carbocycles. The molecule has 1 aliphatic heterocycles. The van der Waals surface area contributed by atoms with Gasteiger partial charge in [-0.25, -0.2) is 9.98 Å². The van der Waals surface area contributed by atoms with Gasteiger partial charge in [0.1, 0.15) is 0 Å². The van der Waals surface area contributed by atoms with Gasteiger partial charge in [0, 0.05) is 9.13 Å². The van der Waals surface area contributed by atoms with E-state index in [1.807, 2.05) is 36.4 Å². The van der Waals surface area contributed by atoms with Crippen molar-refractivity contribution in [3.05, 3.63) is 57.7 Å². The number of nitrogens with two attached hydrogens (primary N) is 1. The number of guanidine groups is 1. The van der Waals surface area contributed by atoms with Crippen LogP contribution in [0.4, 0.5) is 5.95 Å². The Morgan fingerprint density at radius 2 is 1.86 bits per heavy atom. The van der Waals surface area contributed by atoms with Crippen LogP contribution in [0.2, 0.25) is 0 Å². The molecule has 0 radical (unpaired) electrons. The first kappa shape index (κ1) is 12.6. The lowest BCUT2D eigenvalue weighted by Gasteiger charge is -2.24.